The molecule has 9 N–H and O–H groups in total. The Kier molecular flexibility index (Phi) is 17.7. The number of phenolic OH excluding ortho intramolecular Hbond substituents is 9. The van der Waals surface area contributed by atoms with Crippen LogP contribution in [0.5, 0.6) is 51.7 Å². The number of fused-ring (bicyclic) bond motifs is 5. The zero-order valence-corrected chi connectivity index (χ0v) is 49.5. The molecule has 10 aromatic rings. The van der Waals surface area contributed by atoms with Gasteiger partial charge in [-0.3, -0.25) is 0 Å². The molecule has 0 saturated heterocycles. The van der Waals surface area contributed by atoms with Gasteiger partial charge < -0.3 is 46.0 Å². The molecule has 0 unspecified atom stereocenters. The molecule has 0 bridgehead atoms. The van der Waals surface area contributed by atoms with Gasteiger partial charge in [-0.25, -0.2) is 0 Å². The van der Waals surface area contributed by atoms with Crippen molar-refractivity contribution in [1.82, 2.24) is 0 Å². The third-order valence-electron chi connectivity index (χ3n) is 14.2. The Bertz CT molecular complexity index is 3770. The second-order valence-corrected chi connectivity index (χ2v) is 25.8. The third-order valence-corrected chi connectivity index (χ3v) is 14.2. The van der Waals surface area contributed by atoms with E-state index >= 15 is 0 Å². The number of phenols is 9. The van der Waals surface area contributed by atoms with E-state index in [1.54, 1.807) is 24.3 Å². The second-order valence-electron chi connectivity index (χ2n) is 25.8. The molecular weight excluding hydrogens is 997 g/mol. The minimum absolute atomic E-state index is 0.00815. The summed E-state index contributed by atoms with van der Waals surface area (Å²) in [6.45, 7) is 33.6. The van der Waals surface area contributed by atoms with Gasteiger partial charge in [0.1, 0.15) is 5.75 Å². The normalized spacial score (nSPS) is 11.9. The molecule has 0 aromatic heterocycles. The smallest absolute Gasteiger partial charge is 0.165 e. The summed E-state index contributed by atoms with van der Waals surface area (Å²) in [4.78, 5) is 0. The van der Waals surface area contributed by atoms with Crippen LogP contribution in [-0.4, -0.2) is 46.0 Å². The molecule has 0 radical (unpaired) electrons. The number of rotatable bonds is 0. The second kappa shape index (κ2) is 23.2. The summed E-state index contributed by atoms with van der Waals surface area (Å²) in [5, 5.41) is 97.0. The Labute approximate surface area is 472 Å². The highest BCUT2D eigenvalue weighted by Crippen LogP contribution is 2.44. The van der Waals surface area contributed by atoms with Crippen molar-refractivity contribution < 1.29 is 46.0 Å². The van der Waals surface area contributed by atoms with Crippen molar-refractivity contribution in [2.75, 3.05) is 0 Å². The van der Waals surface area contributed by atoms with Crippen LogP contribution in [0.2, 0.25) is 0 Å². The number of hydrogen-bond donors (Lipinski definition) is 9. The molecule has 0 saturated carbocycles. The van der Waals surface area contributed by atoms with E-state index in [-0.39, 0.29) is 73.1 Å². The fourth-order valence-electron chi connectivity index (χ4n) is 10.1. The first kappa shape index (κ1) is 60.9. The summed E-state index contributed by atoms with van der Waals surface area (Å²) in [6, 6.07) is 47.2. The van der Waals surface area contributed by atoms with Gasteiger partial charge in [-0.1, -0.05) is 225 Å². The van der Waals surface area contributed by atoms with E-state index < -0.39 is 0 Å². The van der Waals surface area contributed by atoms with Crippen molar-refractivity contribution >= 4 is 53.9 Å². The Morgan fingerprint density at radius 3 is 1.21 bits per heavy atom. The Morgan fingerprint density at radius 2 is 0.650 bits per heavy atom. The standard InChI is InChI=1S/C15H18O.4C14H16O2/c1-10-8-9-11-6-5-7-12(15(2,3)4)13(11)14(10)16;1-14(2,3)11-6-4-5-9-7-12(15)13(16)8-10(9)11;1-14(2,3)11-6-4-5-10-9(11)7-8-12(15)13(10)16;1-14(2,3)11-8-12(15)13(16)10-7-5-4-6-9(10)11;1-14(2,3)12-10-7-5-4-6-9(10)8-11(15)13(12)16/h5-9,16H,1-4H3;4*4-8,15-16H,1-3H3. The summed E-state index contributed by atoms with van der Waals surface area (Å²) in [6.07, 6.45) is 0. The highest BCUT2D eigenvalue weighted by molar-refractivity contribution is 5.96. The first-order valence-corrected chi connectivity index (χ1v) is 27.0. The van der Waals surface area contributed by atoms with Crippen LogP contribution >= 0.6 is 0 Å². The average Bonchev–Trinajstić information content (AvgIpc) is 3.37. The van der Waals surface area contributed by atoms with Crippen LogP contribution in [-0.2, 0) is 27.1 Å². The molecule has 0 atom stereocenters. The summed E-state index contributed by atoms with van der Waals surface area (Å²) in [5.74, 6) is 0.0231. The van der Waals surface area contributed by atoms with Gasteiger partial charge in [0.2, 0.25) is 0 Å². The maximum atomic E-state index is 10.2. The largest absolute Gasteiger partial charge is 0.507 e. The molecule has 0 aliphatic heterocycles. The molecule has 10 rings (SSSR count). The van der Waals surface area contributed by atoms with Crippen molar-refractivity contribution in [2.24, 2.45) is 0 Å². The zero-order chi connectivity index (χ0) is 59.6. The van der Waals surface area contributed by atoms with Crippen molar-refractivity contribution in [2.45, 2.75) is 138 Å². The number of hydrogen-bond acceptors (Lipinski definition) is 9. The van der Waals surface area contributed by atoms with E-state index in [1.165, 1.54) is 22.8 Å². The zero-order valence-electron chi connectivity index (χ0n) is 49.5. The van der Waals surface area contributed by atoms with Crippen molar-refractivity contribution in [3.05, 3.63) is 185 Å². The molecule has 9 heteroatoms. The van der Waals surface area contributed by atoms with Crippen molar-refractivity contribution in [3.63, 3.8) is 0 Å². The van der Waals surface area contributed by atoms with Gasteiger partial charge in [0.05, 0.1) is 0 Å². The van der Waals surface area contributed by atoms with E-state index in [1.807, 2.05) is 119 Å². The maximum Gasteiger partial charge on any atom is 0.165 e. The van der Waals surface area contributed by atoms with E-state index in [0.29, 0.717) is 16.5 Å². The quantitative estimate of drug-likeness (QED) is 0.0668. The Hall–Kier alpha value is -8.30. The van der Waals surface area contributed by atoms with Crippen LogP contribution in [0.15, 0.2) is 152 Å². The van der Waals surface area contributed by atoms with Gasteiger partial charge in [0.15, 0.2) is 46.0 Å². The van der Waals surface area contributed by atoms with Gasteiger partial charge in [-0.2, -0.15) is 0 Å². The topological polar surface area (TPSA) is 182 Å². The predicted molar refractivity (Wildman–Crippen MR) is 333 cm³/mol. The molecule has 9 nitrogen and oxygen atoms in total. The average molecular weight is 1080 g/mol. The van der Waals surface area contributed by atoms with Crippen LogP contribution in [0.25, 0.3) is 53.9 Å². The van der Waals surface area contributed by atoms with Crippen LogP contribution in [0, 0.1) is 6.92 Å². The highest BCUT2D eigenvalue weighted by atomic mass is 16.3. The maximum absolute atomic E-state index is 10.2. The molecule has 420 valence electrons. The molecule has 10 aromatic carbocycles. The van der Waals surface area contributed by atoms with Crippen LogP contribution in [0.1, 0.15) is 137 Å². The van der Waals surface area contributed by atoms with E-state index in [9.17, 15) is 46.0 Å². The molecule has 80 heavy (non-hydrogen) atoms. The van der Waals surface area contributed by atoms with E-state index in [0.717, 1.165) is 59.8 Å². The summed E-state index contributed by atoms with van der Waals surface area (Å²) < 4.78 is 0. The lowest BCUT2D eigenvalue weighted by Gasteiger charge is -2.23. The molecule has 0 spiro atoms. The molecule has 0 aliphatic carbocycles. The molecule has 0 heterocycles. The highest BCUT2D eigenvalue weighted by Gasteiger charge is 2.25. The number of aryl methyl sites for hydroxylation is 1. The van der Waals surface area contributed by atoms with Gasteiger partial charge in [0.25, 0.3) is 0 Å². The Morgan fingerprint density at radius 1 is 0.250 bits per heavy atom. The lowest BCUT2D eigenvalue weighted by Crippen LogP contribution is -2.12. The first-order chi connectivity index (χ1) is 37.0. The van der Waals surface area contributed by atoms with Crippen LogP contribution in [0.3, 0.4) is 0 Å². The monoisotopic (exact) mass is 1080 g/mol. The fraction of sp³-hybridized carbons (Fsp3) is 0.296. The Balaban J connectivity index is 0.000000161. The summed E-state index contributed by atoms with van der Waals surface area (Å²) in [7, 11) is 0. The molecule has 0 fully saturated rings. The van der Waals surface area contributed by atoms with Crippen LogP contribution < -0.4 is 0 Å². The van der Waals surface area contributed by atoms with Gasteiger partial charge in [-0.05, 0) is 130 Å². The van der Waals surface area contributed by atoms with Crippen LogP contribution in [0.4, 0.5) is 0 Å². The SMILES string of the molecule is CC(C)(C)c1c(O)c(O)cc2ccccc12.CC(C)(C)c1cc(O)c(O)c2ccccc12.CC(C)(C)c1cccc2c(O)c(O)ccc12.CC(C)(C)c1cccc2cc(O)c(O)cc12.Cc1ccc2cccc(C(C)(C)C)c2c1O. The molecular formula is C71H82O9. The molecule has 0 aliphatic rings. The van der Waals surface area contributed by atoms with Gasteiger partial charge in [0, 0.05) is 21.7 Å². The number of aromatic hydroxyl groups is 9. The predicted octanol–water partition coefficient (Wildman–Crippen LogP) is 18.3. The lowest BCUT2D eigenvalue weighted by molar-refractivity contribution is 0.391. The summed E-state index contributed by atoms with van der Waals surface area (Å²) in [5.41, 5.74) is 6.11. The summed E-state index contributed by atoms with van der Waals surface area (Å²) >= 11 is 0. The van der Waals surface area contributed by atoms with Crippen molar-refractivity contribution in [3.8, 4) is 51.7 Å². The minimum Gasteiger partial charge on any atom is -0.507 e. The van der Waals surface area contributed by atoms with E-state index in [4.69, 9.17) is 0 Å². The van der Waals surface area contributed by atoms with Crippen molar-refractivity contribution in [1.29, 1.82) is 0 Å². The first-order valence-electron chi connectivity index (χ1n) is 27.0. The van der Waals surface area contributed by atoms with E-state index in [2.05, 4.69) is 113 Å². The van der Waals surface area contributed by atoms with Gasteiger partial charge >= 0.3 is 0 Å². The fourth-order valence-corrected chi connectivity index (χ4v) is 10.1. The minimum atomic E-state index is -0.206. The third kappa shape index (κ3) is 13.6. The lowest BCUT2D eigenvalue weighted by atomic mass is 9.82. The molecule has 0 amide bonds. The van der Waals surface area contributed by atoms with Gasteiger partial charge in [-0.15, -0.1) is 0 Å². The number of benzene rings is 10.